The molecular formula is C9H16N2O2. The topological polar surface area (TPSA) is 61.4 Å². The number of hydrogen-bond donors (Lipinski definition) is 3. The first kappa shape index (κ1) is 8.81. The van der Waals surface area contributed by atoms with Crippen molar-refractivity contribution >= 4 is 6.03 Å². The fraction of sp³-hybridized carbons (Fsp3) is 0.889. The lowest BCUT2D eigenvalue weighted by Crippen LogP contribution is -2.46. The normalized spacial score (nSPS) is 38.8. The molecule has 1 heterocycles. The van der Waals surface area contributed by atoms with E-state index >= 15 is 0 Å². The fourth-order valence-electron chi connectivity index (χ4n) is 2.29. The molecule has 1 spiro atoms. The summed E-state index contributed by atoms with van der Waals surface area (Å²) < 4.78 is 0. The van der Waals surface area contributed by atoms with Crippen molar-refractivity contribution in [3.63, 3.8) is 0 Å². The third-order valence-electron chi connectivity index (χ3n) is 3.29. The maximum absolute atomic E-state index is 11.0. The summed E-state index contributed by atoms with van der Waals surface area (Å²) in [5.41, 5.74) is 0.00273. The van der Waals surface area contributed by atoms with Gasteiger partial charge in [0.2, 0.25) is 0 Å². The monoisotopic (exact) mass is 184 g/mol. The number of nitrogens with one attached hydrogen (secondary N) is 2. The highest BCUT2D eigenvalue weighted by Gasteiger charge is 2.40. The number of urea groups is 1. The molecule has 2 fully saturated rings. The van der Waals surface area contributed by atoms with Crippen LogP contribution in [0.2, 0.25) is 0 Å². The minimum atomic E-state index is -0.0394. The molecule has 1 aliphatic heterocycles. The van der Waals surface area contributed by atoms with Crippen LogP contribution in [0, 0.1) is 5.92 Å². The van der Waals surface area contributed by atoms with E-state index in [1.54, 1.807) is 0 Å². The third kappa shape index (κ3) is 1.63. The summed E-state index contributed by atoms with van der Waals surface area (Å²) in [5.74, 6) is 0.447. The Kier molecular flexibility index (Phi) is 2.15. The molecule has 0 unspecified atom stereocenters. The van der Waals surface area contributed by atoms with Crippen LogP contribution >= 0.6 is 0 Å². The Balaban J connectivity index is 1.93. The van der Waals surface area contributed by atoms with E-state index in [4.69, 9.17) is 5.11 Å². The molecule has 1 aliphatic carbocycles. The van der Waals surface area contributed by atoms with Crippen molar-refractivity contribution in [3.05, 3.63) is 0 Å². The molecule has 4 nitrogen and oxygen atoms in total. The minimum Gasteiger partial charge on any atom is -0.396 e. The first-order valence-corrected chi connectivity index (χ1v) is 4.91. The molecule has 3 N–H and O–H groups in total. The molecule has 13 heavy (non-hydrogen) atoms. The lowest BCUT2D eigenvalue weighted by Gasteiger charge is -2.35. The van der Waals surface area contributed by atoms with Gasteiger partial charge < -0.3 is 15.7 Å². The lowest BCUT2D eigenvalue weighted by atomic mass is 9.77. The Morgan fingerprint density at radius 3 is 2.62 bits per heavy atom. The highest BCUT2D eigenvalue weighted by molar-refractivity contribution is 5.77. The molecule has 0 aromatic carbocycles. The van der Waals surface area contributed by atoms with Gasteiger partial charge in [0.15, 0.2) is 0 Å². The number of carbonyl (C=O) groups excluding carboxylic acids is 1. The van der Waals surface area contributed by atoms with Gasteiger partial charge in [-0.1, -0.05) is 0 Å². The molecule has 0 aromatic rings. The first-order chi connectivity index (χ1) is 6.24. The highest BCUT2D eigenvalue weighted by Crippen LogP contribution is 2.32. The third-order valence-corrected chi connectivity index (χ3v) is 3.29. The Hall–Kier alpha value is -0.770. The molecule has 74 valence electrons. The Labute approximate surface area is 77.7 Å². The van der Waals surface area contributed by atoms with Crippen molar-refractivity contribution < 1.29 is 9.90 Å². The zero-order valence-electron chi connectivity index (χ0n) is 7.68. The van der Waals surface area contributed by atoms with Crippen molar-refractivity contribution in [2.75, 3.05) is 13.2 Å². The molecule has 2 amide bonds. The van der Waals surface area contributed by atoms with Crippen LogP contribution in [0.15, 0.2) is 0 Å². The van der Waals surface area contributed by atoms with Crippen LogP contribution < -0.4 is 10.6 Å². The van der Waals surface area contributed by atoms with Crippen LogP contribution in [-0.2, 0) is 0 Å². The number of aliphatic hydroxyl groups is 1. The second kappa shape index (κ2) is 3.18. The summed E-state index contributed by atoms with van der Waals surface area (Å²) in [7, 11) is 0. The van der Waals surface area contributed by atoms with E-state index < -0.39 is 0 Å². The molecule has 2 aliphatic rings. The van der Waals surface area contributed by atoms with E-state index in [-0.39, 0.29) is 18.2 Å². The van der Waals surface area contributed by atoms with Gasteiger partial charge in [-0.05, 0) is 31.6 Å². The zero-order valence-corrected chi connectivity index (χ0v) is 7.68. The Bertz CT molecular complexity index is 210. The van der Waals surface area contributed by atoms with Crippen LogP contribution in [0.4, 0.5) is 4.79 Å². The summed E-state index contributed by atoms with van der Waals surface area (Å²) >= 11 is 0. The maximum atomic E-state index is 11.0. The predicted octanol–water partition coefficient (Wildman–Crippen LogP) is 0.221. The van der Waals surface area contributed by atoms with Crippen molar-refractivity contribution in [2.24, 2.45) is 5.92 Å². The van der Waals surface area contributed by atoms with Gasteiger partial charge >= 0.3 is 6.03 Å². The van der Waals surface area contributed by atoms with Crippen molar-refractivity contribution in [3.8, 4) is 0 Å². The van der Waals surface area contributed by atoms with Crippen LogP contribution in [0.5, 0.6) is 0 Å². The predicted molar refractivity (Wildman–Crippen MR) is 48.3 cm³/mol. The summed E-state index contributed by atoms with van der Waals surface area (Å²) in [4.78, 5) is 11.0. The van der Waals surface area contributed by atoms with E-state index in [9.17, 15) is 4.79 Å². The first-order valence-electron chi connectivity index (χ1n) is 4.91. The average molecular weight is 184 g/mol. The number of rotatable bonds is 1. The van der Waals surface area contributed by atoms with E-state index in [1.165, 1.54) is 0 Å². The van der Waals surface area contributed by atoms with Crippen LogP contribution in [0.1, 0.15) is 25.7 Å². The molecule has 0 atom stereocenters. The Morgan fingerprint density at radius 1 is 1.46 bits per heavy atom. The van der Waals surface area contributed by atoms with Crippen molar-refractivity contribution in [1.29, 1.82) is 0 Å². The average Bonchev–Trinajstić information content (AvgIpc) is 2.49. The quantitative estimate of drug-likeness (QED) is 0.546. The molecule has 0 radical (unpaired) electrons. The fourth-order valence-corrected chi connectivity index (χ4v) is 2.29. The minimum absolute atomic E-state index is 0.00273. The van der Waals surface area contributed by atoms with Gasteiger partial charge in [0.05, 0.1) is 5.54 Å². The van der Waals surface area contributed by atoms with Crippen molar-refractivity contribution in [2.45, 2.75) is 31.2 Å². The Morgan fingerprint density at radius 2 is 2.15 bits per heavy atom. The molecule has 0 bridgehead atoms. The molecule has 4 heteroatoms. The van der Waals surface area contributed by atoms with E-state index in [2.05, 4.69) is 10.6 Å². The molecule has 1 saturated carbocycles. The van der Waals surface area contributed by atoms with Gasteiger partial charge in [-0.3, -0.25) is 0 Å². The second-order valence-corrected chi connectivity index (χ2v) is 4.21. The lowest BCUT2D eigenvalue weighted by molar-refractivity contribution is 0.149. The van der Waals surface area contributed by atoms with Crippen molar-refractivity contribution in [1.82, 2.24) is 10.6 Å². The maximum Gasteiger partial charge on any atom is 0.315 e. The molecule has 0 aromatic heterocycles. The van der Waals surface area contributed by atoms with Gasteiger partial charge in [-0.2, -0.15) is 0 Å². The highest BCUT2D eigenvalue weighted by atomic mass is 16.3. The van der Waals surface area contributed by atoms with E-state index in [0.29, 0.717) is 5.92 Å². The van der Waals surface area contributed by atoms with Gasteiger partial charge in [-0.25, -0.2) is 4.79 Å². The summed E-state index contributed by atoms with van der Waals surface area (Å²) in [6.07, 6.45) is 4.05. The molecular weight excluding hydrogens is 168 g/mol. The van der Waals surface area contributed by atoms with Crippen LogP contribution in [0.3, 0.4) is 0 Å². The largest absolute Gasteiger partial charge is 0.396 e. The second-order valence-electron chi connectivity index (χ2n) is 4.21. The smallest absolute Gasteiger partial charge is 0.315 e. The zero-order chi connectivity index (χ0) is 9.31. The number of aliphatic hydroxyl groups excluding tert-OH is 1. The summed E-state index contributed by atoms with van der Waals surface area (Å²) in [6, 6.07) is -0.0394. The van der Waals surface area contributed by atoms with Gasteiger partial charge in [0.1, 0.15) is 0 Å². The summed E-state index contributed by atoms with van der Waals surface area (Å²) in [5, 5.41) is 14.8. The summed E-state index contributed by atoms with van der Waals surface area (Å²) in [6.45, 7) is 1.04. The molecule has 1 saturated heterocycles. The number of carbonyl (C=O) groups is 1. The number of amides is 2. The molecule has 2 rings (SSSR count). The van der Waals surface area contributed by atoms with E-state index in [1.807, 2.05) is 0 Å². The standard InChI is InChI=1S/C9H16N2O2/c12-5-7-1-3-9(4-2-7)6-10-8(13)11-9/h7,12H,1-6H2,(H2,10,11,13). The number of hydrogen-bond acceptors (Lipinski definition) is 2. The van der Waals surface area contributed by atoms with Gasteiger partial charge in [-0.15, -0.1) is 0 Å². The van der Waals surface area contributed by atoms with Crippen LogP contribution in [0.25, 0.3) is 0 Å². The van der Waals surface area contributed by atoms with Gasteiger partial charge in [0.25, 0.3) is 0 Å². The van der Waals surface area contributed by atoms with Gasteiger partial charge in [0, 0.05) is 13.2 Å². The van der Waals surface area contributed by atoms with Crippen LogP contribution in [-0.4, -0.2) is 29.8 Å². The SMILES string of the molecule is O=C1NCC2(CCC(CO)CC2)N1. The van der Waals surface area contributed by atoms with E-state index in [0.717, 1.165) is 32.2 Å².